The molecule has 0 saturated carbocycles. The van der Waals surface area contributed by atoms with E-state index in [0.717, 1.165) is 51.1 Å². The average Bonchev–Trinajstić information content (AvgIpc) is 2.65. The van der Waals surface area contributed by atoms with E-state index in [1.807, 2.05) is 13.8 Å². The highest BCUT2D eigenvalue weighted by molar-refractivity contribution is 5.86. The van der Waals surface area contributed by atoms with Crippen LogP contribution in [0.5, 0.6) is 0 Å². The lowest BCUT2D eigenvalue weighted by Gasteiger charge is -2.32. The van der Waals surface area contributed by atoms with Crippen LogP contribution < -0.4 is 11.1 Å². The van der Waals surface area contributed by atoms with Gasteiger partial charge in [0.25, 0.3) is 0 Å². The van der Waals surface area contributed by atoms with E-state index in [4.69, 9.17) is 5.73 Å². The summed E-state index contributed by atoms with van der Waals surface area (Å²) in [5, 5.41) is 3.06. The van der Waals surface area contributed by atoms with Crippen molar-refractivity contribution in [3.8, 4) is 0 Å². The Kier molecular flexibility index (Phi) is 15.3. The molecule has 3 N–H and O–H groups in total. The molecule has 0 spiro atoms. The number of amides is 1. The van der Waals surface area contributed by atoms with Gasteiger partial charge in [-0.1, -0.05) is 38.1 Å². The third kappa shape index (κ3) is 8.05. The summed E-state index contributed by atoms with van der Waals surface area (Å²) >= 11 is 0. The van der Waals surface area contributed by atoms with Gasteiger partial charge >= 0.3 is 0 Å². The molecule has 0 aromatic heterocycles. The second-order valence-corrected chi connectivity index (χ2v) is 7.27. The summed E-state index contributed by atoms with van der Waals surface area (Å²) in [6.45, 7) is 10.6. The second kappa shape index (κ2) is 14.4. The predicted molar refractivity (Wildman–Crippen MR) is 125 cm³/mol. The van der Waals surface area contributed by atoms with Crippen molar-refractivity contribution in [3.05, 3.63) is 35.4 Å². The molecule has 1 aliphatic rings. The number of piperazine rings is 1. The summed E-state index contributed by atoms with van der Waals surface area (Å²) in [7, 11) is 2.18. The van der Waals surface area contributed by atoms with E-state index in [2.05, 4.69) is 46.4 Å². The van der Waals surface area contributed by atoms with Crippen LogP contribution in [-0.2, 0) is 17.9 Å². The molecule has 0 bridgehead atoms. The second-order valence-electron chi connectivity index (χ2n) is 7.27. The number of nitrogens with one attached hydrogen (secondary N) is 1. The first-order valence-corrected chi connectivity index (χ1v) is 9.50. The van der Waals surface area contributed by atoms with Crippen molar-refractivity contribution >= 4 is 43.1 Å². The van der Waals surface area contributed by atoms with Gasteiger partial charge in [0.1, 0.15) is 0 Å². The molecule has 1 fully saturated rings. The van der Waals surface area contributed by atoms with E-state index in [0.29, 0.717) is 13.1 Å². The summed E-state index contributed by atoms with van der Waals surface area (Å²) in [5.74, 6) is 0.0708. The Balaban J connectivity index is 0. The molecule has 0 radical (unpaired) electrons. The molecule has 0 aliphatic carbocycles. The Labute approximate surface area is 189 Å². The van der Waals surface area contributed by atoms with E-state index >= 15 is 0 Å². The van der Waals surface area contributed by atoms with Gasteiger partial charge in [0.15, 0.2) is 0 Å². The Hall–Kier alpha value is -0.560. The van der Waals surface area contributed by atoms with Crippen LogP contribution in [0.3, 0.4) is 0 Å². The van der Waals surface area contributed by atoms with Crippen molar-refractivity contribution in [2.24, 2.45) is 11.1 Å². The first kappa shape index (κ1) is 29.6. The van der Waals surface area contributed by atoms with Gasteiger partial charge in [0.05, 0.1) is 5.41 Å². The number of halogens is 3. The number of hydrogen-bond donors (Lipinski definition) is 2. The summed E-state index contributed by atoms with van der Waals surface area (Å²) in [6, 6.07) is 8.59. The van der Waals surface area contributed by atoms with Crippen molar-refractivity contribution in [1.82, 2.24) is 15.1 Å². The van der Waals surface area contributed by atoms with Crippen molar-refractivity contribution < 1.29 is 4.79 Å². The fourth-order valence-corrected chi connectivity index (χ4v) is 3.35. The number of likely N-dealkylation sites (N-methyl/N-ethyl adjacent to an activating group) is 1. The van der Waals surface area contributed by atoms with Gasteiger partial charge in [-0.15, -0.1) is 37.2 Å². The minimum atomic E-state index is -0.429. The lowest BCUT2D eigenvalue weighted by molar-refractivity contribution is -0.131. The lowest BCUT2D eigenvalue weighted by atomic mass is 9.81. The van der Waals surface area contributed by atoms with Gasteiger partial charge in [-0.25, -0.2) is 0 Å². The van der Waals surface area contributed by atoms with Crippen molar-refractivity contribution in [3.63, 3.8) is 0 Å². The molecule has 1 aliphatic heterocycles. The fraction of sp³-hybridized carbons (Fsp3) is 0.650. The molecule has 1 amide bonds. The van der Waals surface area contributed by atoms with Gasteiger partial charge in [-0.3, -0.25) is 9.69 Å². The Bertz CT molecular complexity index is 537. The van der Waals surface area contributed by atoms with E-state index in [1.54, 1.807) is 0 Å². The fourth-order valence-electron chi connectivity index (χ4n) is 3.35. The molecule has 164 valence electrons. The maximum Gasteiger partial charge on any atom is 0.227 e. The molecule has 5 nitrogen and oxygen atoms in total. The highest BCUT2D eigenvalue weighted by Gasteiger charge is 2.32. The number of nitrogens with zero attached hydrogens (tertiary/aromatic N) is 2. The van der Waals surface area contributed by atoms with Crippen molar-refractivity contribution in [2.75, 3.05) is 39.8 Å². The van der Waals surface area contributed by atoms with E-state index < -0.39 is 5.41 Å². The lowest BCUT2D eigenvalue weighted by Crippen LogP contribution is -2.45. The SMILES string of the molecule is CCC(CC)(CN)C(=O)NCc1ccc(CN2CCN(C)CC2)cc1.Cl.Cl.Cl. The highest BCUT2D eigenvalue weighted by atomic mass is 35.5. The van der Waals surface area contributed by atoms with Crippen LogP contribution in [0.15, 0.2) is 24.3 Å². The Morgan fingerprint density at radius 3 is 1.96 bits per heavy atom. The van der Waals surface area contributed by atoms with Crippen LogP contribution >= 0.6 is 37.2 Å². The molecule has 1 aromatic rings. The van der Waals surface area contributed by atoms with Crippen LogP contribution in [0.25, 0.3) is 0 Å². The zero-order chi connectivity index (χ0) is 18.3. The summed E-state index contributed by atoms with van der Waals surface area (Å²) in [6.07, 6.45) is 1.55. The van der Waals surface area contributed by atoms with E-state index in [1.165, 1.54) is 5.56 Å². The molecule has 1 aromatic carbocycles. The minimum absolute atomic E-state index is 0. The molecule has 0 atom stereocenters. The number of hydrogen-bond acceptors (Lipinski definition) is 4. The first-order chi connectivity index (χ1) is 12.0. The normalized spacial score (nSPS) is 15.0. The highest BCUT2D eigenvalue weighted by Crippen LogP contribution is 2.25. The van der Waals surface area contributed by atoms with Gasteiger partial charge in [0.2, 0.25) is 5.91 Å². The molecule has 28 heavy (non-hydrogen) atoms. The zero-order valence-corrected chi connectivity index (χ0v) is 19.7. The number of benzene rings is 1. The number of carbonyl (C=O) groups is 1. The van der Waals surface area contributed by atoms with Crippen molar-refractivity contribution in [1.29, 1.82) is 0 Å². The molecule has 2 rings (SSSR count). The molecule has 1 heterocycles. The maximum atomic E-state index is 12.5. The quantitative estimate of drug-likeness (QED) is 0.632. The van der Waals surface area contributed by atoms with Crippen LogP contribution in [0.1, 0.15) is 37.8 Å². The minimum Gasteiger partial charge on any atom is -0.352 e. The summed E-state index contributed by atoms with van der Waals surface area (Å²) < 4.78 is 0. The molecular weight excluding hydrogens is 419 g/mol. The van der Waals surface area contributed by atoms with Gasteiger partial charge < -0.3 is 16.0 Å². The van der Waals surface area contributed by atoms with E-state index in [9.17, 15) is 4.79 Å². The smallest absolute Gasteiger partial charge is 0.227 e. The van der Waals surface area contributed by atoms with Crippen LogP contribution in [0.4, 0.5) is 0 Å². The third-order valence-electron chi connectivity index (χ3n) is 5.70. The van der Waals surface area contributed by atoms with Crippen molar-refractivity contribution in [2.45, 2.75) is 39.8 Å². The molecule has 8 heteroatoms. The van der Waals surface area contributed by atoms with Crippen LogP contribution in [0.2, 0.25) is 0 Å². The molecule has 1 saturated heterocycles. The summed E-state index contributed by atoms with van der Waals surface area (Å²) in [5.41, 5.74) is 7.88. The molecular formula is C20H37Cl3N4O. The zero-order valence-electron chi connectivity index (χ0n) is 17.3. The number of carbonyl (C=O) groups excluding carboxylic acids is 1. The monoisotopic (exact) mass is 454 g/mol. The van der Waals surface area contributed by atoms with Gasteiger partial charge in [0, 0.05) is 45.8 Å². The standard InChI is InChI=1S/C20H34N4O.3ClH/c1-4-20(5-2,16-21)19(25)22-14-17-6-8-18(9-7-17)15-24-12-10-23(3)11-13-24;;;/h6-9H,4-5,10-16,21H2,1-3H3,(H,22,25);3*1H. The average molecular weight is 456 g/mol. The number of rotatable bonds is 8. The maximum absolute atomic E-state index is 12.5. The van der Waals surface area contributed by atoms with Gasteiger partial charge in [-0.05, 0) is 31.0 Å². The number of nitrogens with two attached hydrogens (primary N) is 1. The third-order valence-corrected chi connectivity index (χ3v) is 5.70. The Morgan fingerprint density at radius 1 is 1.00 bits per heavy atom. The van der Waals surface area contributed by atoms with Crippen LogP contribution in [-0.4, -0.2) is 55.5 Å². The largest absolute Gasteiger partial charge is 0.352 e. The predicted octanol–water partition coefficient (Wildman–Crippen LogP) is 3.08. The van der Waals surface area contributed by atoms with Crippen LogP contribution in [0, 0.1) is 5.41 Å². The Morgan fingerprint density at radius 2 is 1.50 bits per heavy atom. The first-order valence-electron chi connectivity index (χ1n) is 9.50. The van der Waals surface area contributed by atoms with Gasteiger partial charge in [-0.2, -0.15) is 0 Å². The van der Waals surface area contributed by atoms with E-state index in [-0.39, 0.29) is 43.1 Å². The topological polar surface area (TPSA) is 61.6 Å². The molecule has 0 unspecified atom stereocenters. The summed E-state index contributed by atoms with van der Waals surface area (Å²) in [4.78, 5) is 17.4.